The third-order valence-corrected chi connectivity index (χ3v) is 4.91. The monoisotopic (exact) mass is 410 g/mol. The Kier molecular flexibility index (Phi) is 5.92. The Balaban J connectivity index is 2.22. The lowest BCUT2D eigenvalue weighted by molar-refractivity contribution is -0.114. The van der Waals surface area contributed by atoms with E-state index < -0.39 is 26.6 Å². The lowest BCUT2D eigenvalue weighted by atomic mass is 10.3. The fraction of sp³-hybridized carbons (Fsp3) is 0.0714. The van der Waals surface area contributed by atoms with E-state index >= 15 is 0 Å². The third-order valence-electron chi connectivity index (χ3n) is 2.83. The normalized spacial score (nSPS) is 11.4. The Labute approximate surface area is 152 Å². The summed E-state index contributed by atoms with van der Waals surface area (Å²) in [4.78, 5) is 9.95. The van der Waals surface area contributed by atoms with Crippen molar-refractivity contribution in [1.29, 1.82) is 0 Å². The molecule has 0 aliphatic carbocycles. The second kappa shape index (κ2) is 7.57. The highest BCUT2D eigenvalue weighted by Gasteiger charge is 2.19. The molecule has 0 bridgehead atoms. The predicted molar refractivity (Wildman–Crippen MR) is 92.8 cm³/mol. The minimum atomic E-state index is -4.06. The number of hydrogen-bond donors (Lipinski definition) is 2. The van der Waals surface area contributed by atoms with Gasteiger partial charge in [-0.3, -0.25) is 9.52 Å². The van der Waals surface area contributed by atoms with Crippen LogP contribution in [0.15, 0.2) is 47.4 Å². The number of sulfonamides is 1. The second-order valence-electron chi connectivity index (χ2n) is 4.52. The van der Waals surface area contributed by atoms with Crippen LogP contribution in [-0.4, -0.2) is 19.2 Å². The van der Waals surface area contributed by atoms with Crippen molar-refractivity contribution in [3.05, 3.63) is 53.3 Å². The summed E-state index contributed by atoms with van der Waals surface area (Å²) >= 11 is 16.6. The zero-order valence-electron chi connectivity index (χ0n) is 11.8. The van der Waals surface area contributed by atoms with Gasteiger partial charge in [-0.1, -0.05) is 40.9 Å². The van der Waals surface area contributed by atoms with E-state index in [1.807, 2.05) is 0 Å². The molecule has 2 rings (SSSR count). The fourth-order valence-corrected chi connectivity index (χ4v) is 3.17. The van der Waals surface area contributed by atoms with Crippen molar-refractivity contribution in [1.82, 2.24) is 0 Å². The van der Waals surface area contributed by atoms with Gasteiger partial charge in [0.15, 0.2) is 4.84 Å². The van der Waals surface area contributed by atoms with Crippen LogP contribution >= 0.6 is 34.8 Å². The zero-order valence-corrected chi connectivity index (χ0v) is 14.8. The molecule has 5 nitrogen and oxygen atoms in total. The molecule has 128 valence electrons. The Morgan fingerprint density at radius 1 is 1.08 bits per heavy atom. The SMILES string of the molecule is O=C(Nc1ccc(S(=O)(=O)Nc2c(F)cccc2Cl)cc1)C(Cl)Cl. The number of rotatable bonds is 5. The van der Waals surface area contributed by atoms with Crippen LogP contribution in [0.1, 0.15) is 0 Å². The van der Waals surface area contributed by atoms with E-state index in [2.05, 4.69) is 10.0 Å². The van der Waals surface area contributed by atoms with Gasteiger partial charge in [-0.15, -0.1) is 0 Å². The maximum atomic E-state index is 13.7. The number of carbonyl (C=O) groups excluding carboxylic acids is 1. The summed E-state index contributed by atoms with van der Waals surface area (Å²) in [5.74, 6) is -1.45. The van der Waals surface area contributed by atoms with Crippen LogP contribution in [0.5, 0.6) is 0 Å². The van der Waals surface area contributed by atoms with Crippen molar-refractivity contribution >= 4 is 62.1 Å². The van der Waals surface area contributed by atoms with Crippen molar-refractivity contribution in [3.63, 3.8) is 0 Å². The summed E-state index contributed by atoms with van der Waals surface area (Å²) in [5.41, 5.74) is -0.0437. The molecular weight excluding hydrogens is 402 g/mol. The molecule has 2 N–H and O–H groups in total. The van der Waals surface area contributed by atoms with E-state index in [-0.39, 0.29) is 15.6 Å². The molecule has 2 aromatic carbocycles. The van der Waals surface area contributed by atoms with E-state index in [4.69, 9.17) is 34.8 Å². The zero-order chi connectivity index (χ0) is 17.9. The van der Waals surface area contributed by atoms with Gasteiger partial charge in [0.05, 0.1) is 9.92 Å². The van der Waals surface area contributed by atoms with Crippen LogP contribution in [0.4, 0.5) is 15.8 Å². The molecule has 0 atom stereocenters. The van der Waals surface area contributed by atoms with Crippen molar-refractivity contribution in [2.75, 3.05) is 10.0 Å². The minimum Gasteiger partial charge on any atom is -0.324 e. The van der Waals surface area contributed by atoms with Crippen molar-refractivity contribution < 1.29 is 17.6 Å². The van der Waals surface area contributed by atoms with Gasteiger partial charge in [0.1, 0.15) is 11.5 Å². The number of anilines is 2. The molecule has 0 aliphatic heterocycles. The van der Waals surface area contributed by atoms with Crippen LogP contribution in [0.25, 0.3) is 0 Å². The molecule has 24 heavy (non-hydrogen) atoms. The summed E-state index contributed by atoms with van der Waals surface area (Å²) in [6.07, 6.45) is 0. The first-order valence-corrected chi connectivity index (χ1v) is 9.10. The molecule has 2 aromatic rings. The number of carbonyl (C=O) groups is 1. The summed E-state index contributed by atoms with van der Waals surface area (Å²) in [7, 11) is -4.06. The molecular formula is C14H10Cl3FN2O3S. The first-order chi connectivity index (χ1) is 11.2. The number of amides is 1. The van der Waals surface area contributed by atoms with Crippen LogP contribution in [0, 0.1) is 5.82 Å². The van der Waals surface area contributed by atoms with E-state index in [1.54, 1.807) is 0 Å². The van der Waals surface area contributed by atoms with Crippen LogP contribution in [0.3, 0.4) is 0 Å². The Bertz CT molecular complexity index is 838. The Morgan fingerprint density at radius 2 is 1.71 bits per heavy atom. The number of benzene rings is 2. The van der Waals surface area contributed by atoms with Crippen LogP contribution in [0.2, 0.25) is 5.02 Å². The van der Waals surface area contributed by atoms with Gasteiger partial charge in [-0.05, 0) is 36.4 Å². The maximum Gasteiger partial charge on any atom is 0.262 e. The largest absolute Gasteiger partial charge is 0.324 e. The molecule has 0 unspecified atom stereocenters. The van der Waals surface area contributed by atoms with E-state index in [0.717, 1.165) is 6.07 Å². The van der Waals surface area contributed by atoms with Gasteiger partial charge >= 0.3 is 0 Å². The van der Waals surface area contributed by atoms with Crippen LogP contribution < -0.4 is 10.0 Å². The van der Waals surface area contributed by atoms with Crippen LogP contribution in [-0.2, 0) is 14.8 Å². The molecule has 0 aromatic heterocycles. The fourth-order valence-electron chi connectivity index (χ4n) is 1.70. The first kappa shape index (κ1) is 18.8. The molecule has 0 spiro atoms. The molecule has 0 fully saturated rings. The number of nitrogens with one attached hydrogen (secondary N) is 2. The van der Waals surface area contributed by atoms with Crippen molar-refractivity contribution in [2.45, 2.75) is 9.73 Å². The number of halogens is 4. The molecule has 0 saturated carbocycles. The Hall–Kier alpha value is -1.54. The highest BCUT2D eigenvalue weighted by molar-refractivity contribution is 7.92. The maximum absolute atomic E-state index is 13.7. The molecule has 10 heteroatoms. The third kappa shape index (κ3) is 4.51. The van der Waals surface area contributed by atoms with Gasteiger partial charge in [0.25, 0.3) is 15.9 Å². The van der Waals surface area contributed by atoms with E-state index in [1.165, 1.54) is 36.4 Å². The van der Waals surface area contributed by atoms with Gasteiger partial charge < -0.3 is 5.32 Å². The molecule has 0 radical (unpaired) electrons. The molecule has 0 saturated heterocycles. The second-order valence-corrected chi connectivity index (χ2v) is 7.70. The Morgan fingerprint density at radius 3 is 2.25 bits per heavy atom. The lowest BCUT2D eigenvalue weighted by Gasteiger charge is -2.11. The number of alkyl halides is 2. The highest BCUT2D eigenvalue weighted by Crippen LogP contribution is 2.27. The lowest BCUT2D eigenvalue weighted by Crippen LogP contribution is -2.18. The van der Waals surface area contributed by atoms with Gasteiger partial charge in [0, 0.05) is 5.69 Å². The quantitative estimate of drug-likeness (QED) is 0.730. The highest BCUT2D eigenvalue weighted by atomic mass is 35.5. The molecule has 1 amide bonds. The van der Waals surface area contributed by atoms with E-state index in [0.29, 0.717) is 5.69 Å². The summed E-state index contributed by atoms with van der Waals surface area (Å²) in [6, 6.07) is 8.92. The van der Waals surface area contributed by atoms with Gasteiger partial charge in [-0.25, -0.2) is 12.8 Å². The number of para-hydroxylation sites is 1. The summed E-state index contributed by atoms with van der Waals surface area (Å²) in [6.45, 7) is 0. The van der Waals surface area contributed by atoms with Gasteiger partial charge in [-0.2, -0.15) is 0 Å². The minimum absolute atomic E-state index is 0.0716. The molecule has 0 aliphatic rings. The number of hydrogen-bond acceptors (Lipinski definition) is 3. The topological polar surface area (TPSA) is 75.3 Å². The van der Waals surface area contributed by atoms with Crippen molar-refractivity contribution in [2.24, 2.45) is 0 Å². The van der Waals surface area contributed by atoms with E-state index in [9.17, 15) is 17.6 Å². The summed E-state index contributed by atoms with van der Waals surface area (Å²) < 4.78 is 40.3. The van der Waals surface area contributed by atoms with Crippen molar-refractivity contribution in [3.8, 4) is 0 Å². The first-order valence-electron chi connectivity index (χ1n) is 6.36. The average molecular weight is 412 g/mol. The van der Waals surface area contributed by atoms with Gasteiger partial charge in [0.2, 0.25) is 0 Å². The smallest absolute Gasteiger partial charge is 0.262 e. The average Bonchev–Trinajstić information content (AvgIpc) is 2.51. The summed E-state index contributed by atoms with van der Waals surface area (Å²) in [5, 5.41) is 2.32. The predicted octanol–water partition coefficient (Wildman–Crippen LogP) is 4.02. The standard InChI is InChI=1S/C14H10Cl3FN2O3S/c15-10-2-1-3-11(18)12(10)20-24(22,23)9-6-4-8(5-7-9)19-14(21)13(16)17/h1-7,13,20H,(H,19,21). The molecule has 0 heterocycles.